The van der Waals surface area contributed by atoms with E-state index in [2.05, 4.69) is 29.0 Å². The summed E-state index contributed by atoms with van der Waals surface area (Å²) in [7, 11) is 0. The maximum Gasteiger partial charge on any atom is 0.131 e. The first-order valence-electron chi connectivity index (χ1n) is 7.73. The van der Waals surface area contributed by atoms with Gasteiger partial charge in [0.15, 0.2) is 0 Å². The Morgan fingerprint density at radius 3 is 2.68 bits per heavy atom. The highest BCUT2D eigenvalue weighted by Crippen LogP contribution is 2.30. The van der Waals surface area contributed by atoms with Crippen molar-refractivity contribution in [1.82, 2.24) is 15.3 Å². The highest BCUT2D eigenvalue weighted by atomic mass is 19.1. The Morgan fingerprint density at radius 1 is 1.23 bits per heavy atom. The van der Waals surface area contributed by atoms with E-state index < -0.39 is 0 Å². The van der Waals surface area contributed by atoms with Gasteiger partial charge in [-0.05, 0) is 12.1 Å². The summed E-state index contributed by atoms with van der Waals surface area (Å²) >= 11 is 0. The lowest BCUT2D eigenvalue weighted by Crippen LogP contribution is -2.43. The summed E-state index contributed by atoms with van der Waals surface area (Å²) in [6, 6.07) is 6.63. The summed E-state index contributed by atoms with van der Waals surface area (Å²) in [6.45, 7) is 7.83. The number of nitrogens with one attached hydrogen (secondary N) is 1. The van der Waals surface area contributed by atoms with E-state index in [1.54, 1.807) is 6.07 Å². The molecule has 0 spiro atoms. The predicted molar refractivity (Wildman–Crippen MR) is 86.6 cm³/mol. The van der Waals surface area contributed by atoms with Crippen molar-refractivity contribution < 1.29 is 4.39 Å². The molecule has 1 aliphatic rings. The van der Waals surface area contributed by atoms with Crippen LogP contribution in [-0.4, -0.2) is 36.1 Å². The predicted octanol–water partition coefficient (Wildman–Crippen LogP) is 2.82. The van der Waals surface area contributed by atoms with Crippen LogP contribution in [0.2, 0.25) is 0 Å². The monoisotopic (exact) mass is 300 g/mol. The van der Waals surface area contributed by atoms with Crippen molar-refractivity contribution in [2.45, 2.75) is 19.8 Å². The summed E-state index contributed by atoms with van der Waals surface area (Å²) < 4.78 is 13.6. The van der Waals surface area contributed by atoms with E-state index in [0.29, 0.717) is 0 Å². The minimum Gasteiger partial charge on any atom is -0.366 e. The normalized spacial score (nSPS) is 15.4. The summed E-state index contributed by atoms with van der Waals surface area (Å²) in [5.41, 5.74) is 2.61. The van der Waals surface area contributed by atoms with Crippen LogP contribution < -0.4 is 10.2 Å². The van der Waals surface area contributed by atoms with E-state index >= 15 is 0 Å². The molecule has 1 saturated heterocycles. The number of nitrogens with zero attached hydrogens (tertiary/aromatic N) is 3. The fourth-order valence-corrected chi connectivity index (χ4v) is 2.65. The molecule has 0 radical (unpaired) electrons. The Hall–Kier alpha value is -2.01. The molecule has 0 atom stereocenters. The summed E-state index contributed by atoms with van der Waals surface area (Å²) in [6.07, 6.45) is 1.88. The van der Waals surface area contributed by atoms with E-state index in [-0.39, 0.29) is 11.7 Å². The van der Waals surface area contributed by atoms with Crippen molar-refractivity contribution >= 4 is 5.69 Å². The first-order valence-corrected chi connectivity index (χ1v) is 7.73. The van der Waals surface area contributed by atoms with Crippen LogP contribution in [-0.2, 0) is 0 Å². The van der Waals surface area contributed by atoms with Crippen LogP contribution in [0.15, 0.2) is 30.5 Å². The van der Waals surface area contributed by atoms with Crippen LogP contribution in [0.5, 0.6) is 0 Å². The first kappa shape index (κ1) is 14.9. The molecular weight excluding hydrogens is 279 g/mol. The highest BCUT2D eigenvalue weighted by Gasteiger charge is 2.18. The molecule has 0 unspecified atom stereocenters. The summed E-state index contributed by atoms with van der Waals surface area (Å²) in [5, 5.41) is 3.34. The van der Waals surface area contributed by atoms with E-state index in [0.717, 1.165) is 48.9 Å². The van der Waals surface area contributed by atoms with Gasteiger partial charge in [-0.15, -0.1) is 0 Å². The van der Waals surface area contributed by atoms with Crippen LogP contribution in [0.3, 0.4) is 0 Å². The average molecular weight is 300 g/mol. The molecule has 0 bridgehead atoms. The van der Waals surface area contributed by atoms with Crippen molar-refractivity contribution in [3.63, 3.8) is 0 Å². The fraction of sp³-hybridized carbons (Fsp3) is 0.412. The van der Waals surface area contributed by atoms with Gasteiger partial charge in [0, 0.05) is 37.7 Å². The van der Waals surface area contributed by atoms with E-state index in [1.807, 2.05) is 12.3 Å². The Kier molecular flexibility index (Phi) is 4.34. The van der Waals surface area contributed by atoms with Gasteiger partial charge in [0.2, 0.25) is 0 Å². The first-order chi connectivity index (χ1) is 10.6. The number of aromatic nitrogens is 2. The van der Waals surface area contributed by atoms with Crippen LogP contribution >= 0.6 is 0 Å². The van der Waals surface area contributed by atoms with Crippen LogP contribution in [0.4, 0.5) is 10.1 Å². The topological polar surface area (TPSA) is 41.1 Å². The molecule has 0 amide bonds. The van der Waals surface area contributed by atoms with E-state index in [9.17, 15) is 4.39 Å². The SMILES string of the molecule is CC(C)c1ncc(N2CCNCC2)c(-c2cccc(F)c2)n1. The van der Waals surface area contributed by atoms with Gasteiger partial charge >= 0.3 is 0 Å². The molecule has 1 aromatic heterocycles. The molecule has 0 aliphatic carbocycles. The van der Waals surface area contributed by atoms with Crippen molar-refractivity contribution in [2.24, 2.45) is 0 Å². The second kappa shape index (κ2) is 6.40. The number of halogens is 1. The van der Waals surface area contributed by atoms with Gasteiger partial charge in [0.25, 0.3) is 0 Å². The molecule has 2 heterocycles. The Morgan fingerprint density at radius 2 is 2.00 bits per heavy atom. The summed E-state index contributed by atoms with van der Waals surface area (Å²) in [4.78, 5) is 11.5. The number of benzene rings is 1. The van der Waals surface area contributed by atoms with Crippen molar-refractivity contribution in [3.8, 4) is 11.3 Å². The van der Waals surface area contributed by atoms with Gasteiger partial charge in [-0.25, -0.2) is 14.4 Å². The van der Waals surface area contributed by atoms with Gasteiger partial charge in [-0.2, -0.15) is 0 Å². The zero-order chi connectivity index (χ0) is 15.5. The number of hydrogen-bond acceptors (Lipinski definition) is 4. The quantitative estimate of drug-likeness (QED) is 0.946. The third-order valence-electron chi connectivity index (χ3n) is 3.86. The third kappa shape index (κ3) is 3.09. The minimum absolute atomic E-state index is 0.240. The third-order valence-corrected chi connectivity index (χ3v) is 3.86. The zero-order valence-electron chi connectivity index (χ0n) is 13.0. The molecule has 1 fully saturated rings. The van der Waals surface area contributed by atoms with Gasteiger partial charge in [0.1, 0.15) is 11.6 Å². The molecule has 4 nitrogen and oxygen atoms in total. The lowest BCUT2D eigenvalue weighted by Gasteiger charge is -2.30. The van der Waals surface area contributed by atoms with Crippen molar-refractivity contribution in [3.05, 3.63) is 42.1 Å². The number of hydrogen-bond donors (Lipinski definition) is 1. The largest absolute Gasteiger partial charge is 0.366 e. The number of piperazine rings is 1. The molecule has 0 saturated carbocycles. The maximum atomic E-state index is 13.6. The minimum atomic E-state index is -0.242. The lowest BCUT2D eigenvalue weighted by atomic mass is 10.1. The molecule has 22 heavy (non-hydrogen) atoms. The molecule has 3 rings (SSSR count). The van der Waals surface area contributed by atoms with Crippen LogP contribution in [0, 0.1) is 5.82 Å². The maximum absolute atomic E-state index is 13.6. The van der Waals surface area contributed by atoms with Gasteiger partial charge in [-0.1, -0.05) is 26.0 Å². The lowest BCUT2D eigenvalue weighted by molar-refractivity contribution is 0.587. The molecule has 116 valence electrons. The van der Waals surface area contributed by atoms with Gasteiger partial charge in [-0.3, -0.25) is 0 Å². The summed E-state index contributed by atoms with van der Waals surface area (Å²) in [5.74, 6) is 0.788. The Balaban J connectivity index is 2.08. The average Bonchev–Trinajstić information content (AvgIpc) is 2.55. The highest BCUT2D eigenvalue weighted by molar-refractivity contribution is 5.74. The van der Waals surface area contributed by atoms with Crippen LogP contribution in [0.1, 0.15) is 25.6 Å². The fourth-order valence-electron chi connectivity index (χ4n) is 2.65. The van der Waals surface area contributed by atoms with Crippen LogP contribution in [0.25, 0.3) is 11.3 Å². The van der Waals surface area contributed by atoms with Gasteiger partial charge in [0.05, 0.1) is 17.6 Å². The molecular formula is C17H21FN4. The zero-order valence-corrected chi connectivity index (χ0v) is 13.0. The standard InChI is InChI=1S/C17H21FN4/c1-12(2)17-20-11-15(22-8-6-19-7-9-22)16(21-17)13-4-3-5-14(18)10-13/h3-5,10-12,19H,6-9H2,1-2H3. The number of anilines is 1. The second-order valence-corrected chi connectivity index (χ2v) is 5.86. The van der Waals surface area contributed by atoms with Crippen molar-refractivity contribution in [1.29, 1.82) is 0 Å². The molecule has 1 aromatic carbocycles. The molecule has 1 aliphatic heterocycles. The van der Waals surface area contributed by atoms with E-state index in [1.165, 1.54) is 12.1 Å². The second-order valence-electron chi connectivity index (χ2n) is 5.86. The Bertz CT molecular complexity index is 651. The smallest absolute Gasteiger partial charge is 0.131 e. The van der Waals surface area contributed by atoms with Crippen molar-refractivity contribution in [2.75, 3.05) is 31.1 Å². The van der Waals surface area contributed by atoms with Gasteiger partial charge < -0.3 is 10.2 Å². The molecule has 2 aromatic rings. The number of rotatable bonds is 3. The Labute approximate surface area is 130 Å². The molecule has 1 N–H and O–H groups in total. The van der Waals surface area contributed by atoms with E-state index in [4.69, 9.17) is 4.98 Å². The molecule has 5 heteroatoms.